The summed E-state index contributed by atoms with van der Waals surface area (Å²) in [7, 11) is 0. The van der Waals surface area contributed by atoms with Crippen LogP contribution in [0.1, 0.15) is 0 Å². The molecule has 0 saturated carbocycles. The van der Waals surface area contributed by atoms with Gasteiger partial charge < -0.3 is 8.97 Å². The lowest BCUT2D eigenvalue weighted by molar-refractivity contribution is 1.14. The highest BCUT2D eigenvalue weighted by Gasteiger charge is 2.27. The summed E-state index contributed by atoms with van der Waals surface area (Å²) in [4.78, 5) is 0. The Labute approximate surface area is 299 Å². The second-order valence-electron chi connectivity index (χ2n) is 14.1. The Bertz CT molecular complexity index is 3120. The Balaban J connectivity index is 1.44. The first-order valence-electron chi connectivity index (χ1n) is 18.0. The Kier molecular flexibility index (Phi) is 5.53. The molecule has 12 rings (SSSR count). The quantitative estimate of drug-likeness (QED) is 0.131. The molecule has 0 amide bonds. The van der Waals surface area contributed by atoms with Crippen LogP contribution in [0.4, 0.5) is 0 Å². The van der Waals surface area contributed by atoms with Crippen molar-refractivity contribution in [2.24, 2.45) is 0 Å². The largest absolute Gasteiger partial charge is 0.306 e. The van der Waals surface area contributed by atoms with E-state index in [9.17, 15) is 0 Å². The third-order valence-corrected chi connectivity index (χ3v) is 11.4. The third kappa shape index (κ3) is 3.63. The van der Waals surface area contributed by atoms with Crippen LogP contribution in [-0.2, 0) is 0 Å². The van der Waals surface area contributed by atoms with E-state index in [-0.39, 0.29) is 0 Å². The zero-order valence-corrected chi connectivity index (χ0v) is 28.2. The average Bonchev–Trinajstić information content (AvgIpc) is 3.22. The van der Waals surface area contributed by atoms with Gasteiger partial charge in [0.25, 0.3) is 0 Å². The van der Waals surface area contributed by atoms with E-state index in [4.69, 9.17) is 0 Å². The minimum Gasteiger partial charge on any atom is -0.306 e. The second kappa shape index (κ2) is 10.3. The molecule has 12 aromatic rings. The fraction of sp³-hybridized carbons (Fsp3) is 0. The van der Waals surface area contributed by atoms with E-state index in [0.717, 1.165) is 5.69 Å². The van der Waals surface area contributed by atoms with Gasteiger partial charge >= 0.3 is 0 Å². The molecule has 0 unspecified atom stereocenters. The van der Waals surface area contributed by atoms with Crippen molar-refractivity contribution >= 4 is 70.7 Å². The molecule has 9 aromatic carbocycles. The molecule has 0 aliphatic heterocycles. The SMILES string of the molecule is c1ccc(-c2cc3c4cccc5c(-c6ccccc6)cc6c(c54)n4c3c(c2)c2cccc3c(-c5ccccc5)cc(c4c32)n6-c2ccccc2)cc1. The van der Waals surface area contributed by atoms with Crippen molar-refractivity contribution in [3.05, 3.63) is 182 Å². The lowest BCUT2D eigenvalue weighted by Crippen LogP contribution is -2.10. The average molecular weight is 659 g/mol. The van der Waals surface area contributed by atoms with Crippen LogP contribution in [0, 0.1) is 0 Å². The fourth-order valence-electron chi connectivity index (χ4n) is 9.24. The summed E-state index contributed by atoms with van der Waals surface area (Å²) in [6.07, 6.45) is 0. The number of pyridine rings is 2. The van der Waals surface area contributed by atoms with Crippen molar-refractivity contribution < 1.29 is 0 Å². The number of hydrogen-bond acceptors (Lipinski definition) is 0. The molecule has 2 nitrogen and oxygen atoms in total. The van der Waals surface area contributed by atoms with Gasteiger partial charge in [0, 0.05) is 27.2 Å². The predicted octanol–water partition coefficient (Wildman–Crippen LogP) is 13.5. The first-order valence-corrected chi connectivity index (χ1v) is 18.0. The predicted molar refractivity (Wildman–Crippen MR) is 220 cm³/mol. The van der Waals surface area contributed by atoms with Gasteiger partial charge in [-0.15, -0.1) is 0 Å². The molecule has 0 radical (unpaired) electrons. The lowest BCUT2D eigenvalue weighted by atomic mass is 9.87. The summed E-state index contributed by atoms with van der Waals surface area (Å²) in [6, 6.07) is 67.2. The molecule has 0 bridgehead atoms. The van der Waals surface area contributed by atoms with E-state index >= 15 is 0 Å². The molecule has 0 fully saturated rings. The highest BCUT2D eigenvalue weighted by Crippen LogP contribution is 2.50. The number of para-hydroxylation sites is 1. The van der Waals surface area contributed by atoms with Crippen LogP contribution in [0.25, 0.3) is 110 Å². The van der Waals surface area contributed by atoms with Gasteiger partial charge in [-0.1, -0.05) is 146 Å². The van der Waals surface area contributed by atoms with Gasteiger partial charge in [0.05, 0.1) is 27.6 Å². The maximum atomic E-state index is 2.64. The first kappa shape index (κ1) is 27.9. The van der Waals surface area contributed by atoms with E-state index in [0.29, 0.717) is 0 Å². The van der Waals surface area contributed by atoms with Crippen molar-refractivity contribution in [3.8, 4) is 39.1 Å². The Morgan fingerprint density at radius 3 is 1.19 bits per heavy atom. The lowest BCUT2D eigenvalue weighted by Gasteiger charge is -2.28. The molecule has 0 atom stereocenters. The first-order chi connectivity index (χ1) is 25.8. The normalized spacial score (nSPS) is 12.2. The van der Waals surface area contributed by atoms with Crippen LogP contribution < -0.4 is 0 Å². The smallest absolute Gasteiger partial charge is 0.0789 e. The number of fused-ring (bicyclic) bond motifs is 2. The minimum atomic E-state index is 1.15. The van der Waals surface area contributed by atoms with Crippen LogP contribution in [0.3, 0.4) is 0 Å². The van der Waals surface area contributed by atoms with Crippen molar-refractivity contribution in [3.63, 3.8) is 0 Å². The van der Waals surface area contributed by atoms with E-state index in [1.807, 2.05) is 0 Å². The summed E-state index contributed by atoms with van der Waals surface area (Å²) in [5.74, 6) is 0. The third-order valence-electron chi connectivity index (χ3n) is 11.4. The van der Waals surface area contributed by atoms with Crippen molar-refractivity contribution in [2.75, 3.05) is 0 Å². The number of rotatable bonds is 4. The van der Waals surface area contributed by atoms with Crippen LogP contribution >= 0.6 is 0 Å². The van der Waals surface area contributed by atoms with Crippen molar-refractivity contribution in [2.45, 2.75) is 0 Å². The van der Waals surface area contributed by atoms with Crippen LogP contribution in [0.5, 0.6) is 0 Å². The number of benzene rings is 9. The molecule has 52 heavy (non-hydrogen) atoms. The maximum Gasteiger partial charge on any atom is 0.0789 e. The van der Waals surface area contributed by atoms with Crippen LogP contribution in [0.2, 0.25) is 0 Å². The monoisotopic (exact) mass is 658 g/mol. The summed E-state index contributed by atoms with van der Waals surface area (Å²) in [5.41, 5.74) is 14.7. The van der Waals surface area contributed by atoms with Crippen molar-refractivity contribution in [1.29, 1.82) is 0 Å². The molecule has 3 heterocycles. The number of hydrogen-bond donors (Lipinski definition) is 0. The van der Waals surface area contributed by atoms with Gasteiger partial charge in [-0.25, -0.2) is 0 Å². The molecular weight excluding hydrogens is 629 g/mol. The Morgan fingerprint density at radius 2 is 0.712 bits per heavy atom. The topological polar surface area (TPSA) is 9.34 Å². The zero-order valence-electron chi connectivity index (χ0n) is 28.2. The molecule has 0 spiro atoms. The van der Waals surface area contributed by atoms with Gasteiger partial charge in [-0.2, -0.15) is 0 Å². The summed E-state index contributed by atoms with van der Waals surface area (Å²) < 4.78 is 5.17. The highest BCUT2D eigenvalue weighted by atomic mass is 15.0. The molecule has 2 heteroatoms. The molecule has 0 aliphatic rings. The minimum absolute atomic E-state index is 1.15. The summed E-state index contributed by atoms with van der Waals surface area (Å²) in [6.45, 7) is 0. The van der Waals surface area contributed by atoms with Gasteiger partial charge in [0.2, 0.25) is 0 Å². The van der Waals surface area contributed by atoms with Gasteiger partial charge in [0.1, 0.15) is 0 Å². The van der Waals surface area contributed by atoms with Crippen LogP contribution in [-0.4, -0.2) is 8.97 Å². The summed E-state index contributed by atoms with van der Waals surface area (Å²) >= 11 is 0. The number of nitrogens with zero attached hydrogens (tertiary/aromatic N) is 2. The second-order valence-corrected chi connectivity index (χ2v) is 14.1. The Hall–Kier alpha value is -6.90. The highest BCUT2D eigenvalue weighted by molar-refractivity contribution is 6.35. The molecule has 0 saturated heterocycles. The van der Waals surface area contributed by atoms with E-state index < -0.39 is 0 Å². The molecule has 0 aliphatic carbocycles. The fourth-order valence-corrected chi connectivity index (χ4v) is 9.24. The van der Waals surface area contributed by atoms with Crippen LogP contribution in [0.15, 0.2) is 182 Å². The molecule has 240 valence electrons. The van der Waals surface area contributed by atoms with Gasteiger partial charge in [-0.05, 0) is 91.3 Å². The van der Waals surface area contributed by atoms with E-state index in [1.54, 1.807) is 0 Å². The Morgan fingerprint density at radius 1 is 0.288 bits per heavy atom. The van der Waals surface area contributed by atoms with E-state index in [1.165, 1.54) is 104 Å². The van der Waals surface area contributed by atoms with E-state index in [2.05, 4.69) is 191 Å². The number of aromatic nitrogens is 2. The van der Waals surface area contributed by atoms with Gasteiger partial charge in [0.15, 0.2) is 0 Å². The summed E-state index contributed by atoms with van der Waals surface area (Å²) in [5, 5.41) is 10.3. The standard InChI is InChI=1S/C50H30N2/c1-5-15-31(16-6-1)34-27-42-38-25-13-23-36-40(32-17-7-2-8-18-32)29-44-49(46(36)38)52-48(42)43(28-34)39-26-14-24-37-41(33-19-9-3-10-20-33)30-45(50(52)47(37)39)51(44)35-21-11-4-12-22-35/h1-30H. The van der Waals surface area contributed by atoms with Gasteiger partial charge in [-0.3, -0.25) is 0 Å². The molecular formula is C50H30N2. The molecule has 0 N–H and O–H groups in total. The maximum absolute atomic E-state index is 2.64. The zero-order chi connectivity index (χ0) is 33.9. The molecule has 3 aromatic heterocycles. The van der Waals surface area contributed by atoms with Crippen molar-refractivity contribution in [1.82, 2.24) is 8.97 Å².